The Balaban J connectivity index is 0. The van der Waals surface area contributed by atoms with E-state index in [2.05, 4.69) is 0 Å². The summed E-state index contributed by atoms with van der Waals surface area (Å²) in [5.41, 5.74) is 0. The van der Waals surface area contributed by atoms with E-state index >= 15 is 0 Å². The van der Waals surface area contributed by atoms with Crippen LogP contribution >= 0.6 is 66.9 Å². The highest BCUT2D eigenvalue weighted by molar-refractivity contribution is 14.0. The first-order valence-electron chi connectivity index (χ1n) is 0. The Hall–Kier alpha value is 1.85. The van der Waals surface area contributed by atoms with Crippen LogP contribution in [0.3, 0.4) is 0 Å². The maximum Gasteiger partial charge on any atom is -0.107 e. The highest BCUT2D eigenvalue weighted by Crippen LogP contribution is 0.886. The molecule has 0 N–H and O–H groups in total. The fourth-order valence-corrected chi connectivity index (χ4v) is 0. The molecule has 0 unspecified atom stereocenters. The van der Waals surface area contributed by atoms with Crippen molar-refractivity contribution in [3.8, 4) is 0 Å². The van der Waals surface area contributed by atoms with Crippen LogP contribution in [0, 0.1) is 0 Å². The lowest BCUT2D eigenvalue weighted by atomic mass is 32.1. The van der Waals surface area contributed by atoms with Crippen molar-refractivity contribution >= 4 is 66.9 Å². The second kappa shape index (κ2) is 21.0. The molecule has 0 aliphatic rings. The molecule has 0 nitrogen and oxygen atoms in total. The lowest BCUT2D eigenvalue weighted by Crippen LogP contribution is 0.648. The number of halogens is 3. The largest absolute Gasteiger partial charge is 0.197 e. The van der Waals surface area contributed by atoms with Crippen LogP contribution in [0.25, 0.3) is 0 Å². The smallest absolute Gasteiger partial charge is 0.107 e. The number of hydrogen-bond acceptors (Lipinski definition) is 0. The molecule has 0 radical (unpaired) electrons. The van der Waals surface area contributed by atoms with E-state index in [1.165, 1.54) is 0 Å². The van der Waals surface area contributed by atoms with Gasteiger partial charge in [0, 0.05) is 0 Å². The van der Waals surface area contributed by atoms with Crippen molar-refractivity contribution in [3.63, 3.8) is 0 Å². The summed E-state index contributed by atoms with van der Waals surface area (Å²) in [5.74, 6) is 0. The molecule has 0 rings (SSSR count). The van der Waals surface area contributed by atoms with Crippen LogP contribution in [0.1, 0.15) is 0 Å². The summed E-state index contributed by atoms with van der Waals surface area (Å²) in [7, 11) is 0. The summed E-state index contributed by atoms with van der Waals surface area (Å²) in [6.07, 6.45) is 0. The van der Waals surface area contributed by atoms with E-state index in [1.54, 1.807) is 0 Å². The Morgan fingerprint density at radius 1 is 1.00 bits per heavy atom. The molecule has 32 valence electrons. The molecule has 0 saturated carbocycles. The van der Waals surface area contributed by atoms with Gasteiger partial charge < -0.3 is 0 Å². The van der Waals surface area contributed by atoms with Crippen LogP contribution in [0.4, 0.5) is 0 Å². The van der Waals surface area contributed by atoms with Gasteiger partial charge >= 0.3 is 0 Å². The summed E-state index contributed by atoms with van der Waals surface area (Å²) >= 11 is 0. The molecule has 4 heavy (non-hydrogen) atoms. The first-order valence-corrected chi connectivity index (χ1v) is 0. The van der Waals surface area contributed by atoms with E-state index < -0.39 is 0 Å². The molecule has 0 heterocycles. The zero-order valence-corrected chi connectivity index (χ0v) is 7.58. The standard InChI is InChI=1S/BrH.ClH.HI.H2S/h3*1H;1H2. The van der Waals surface area contributed by atoms with E-state index in [4.69, 9.17) is 0 Å². The average molecular weight is 279 g/mol. The summed E-state index contributed by atoms with van der Waals surface area (Å²) in [5, 5.41) is 0. The topological polar surface area (TPSA) is 0 Å². The van der Waals surface area contributed by atoms with Crippen LogP contribution < -0.4 is 0 Å². The number of rotatable bonds is 0. The van der Waals surface area contributed by atoms with Gasteiger partial charge in [-0.3, -0.25) is 0 Å². The van der Waals surface area contributed by atoms with Crippen LogP contribution in [-0.2, 0) is 0 Å². The highest BCUT2D eigenvalue weighted by Gasteiger charge is -0.107. The molecular weight excluding hydrogens is 274 g/mol. The Bertz CT molecular complexity index is 8.00. The van der Waals surface area contributed by atoms with Crippen molar-refractivity contribution in [1.82, 2.24) is 0 Å². The van der Waals surface area contributed by atoms with Crippen molar-refractivity contribution in [1.29, 1.82) is 0 Å². The second-order valence-electron chi connectivity index (χ2n) is 0. The normalized spacial score (nSPS) is 0. The minimum Gasteiger partial charge on any atom is -0.197 e. The lowest BCUT2D eigenvalue weighted by Gasteiger charge is -0.197. The molecule has 4 heteroatoms. The maximum absolute atomic E-state index is 0. The van der Waals surface area contributed by atoms with Gasteiger partial charge in [0.05, 0.1) is 0 Å². The van der Waals surface area contributed by atoms with Gasteiger partial charge in [-0.25, -0.2) is 0 Å². The molecule has 0 aliphatic carbocycles. The first kappa shape index (κ1) is 40.2. The van der Waals surface area contributed by atoms with E-state index in [0.717, 1.165) is 0 Å². The van der Waals surface area contributed by atoms with Crippen LogP contribution in [0.5, 0.6) is 0 Å². The Kier molecular flexibility index (Phi) is 211. The van der Waals surface area contributed by atoms with Gasteiger partial charge in [-0.15, -0.1) is 53.4 Å². The molecule has 0 aliphatic heterocycles. The molecule has 0 aromatic carbocycles. The van der Waals surface area contributed by atoms with Crippen LogP contribution in [0.2, 0.25) is 0 Å². The third-order valence-corrected chi connectivity index (χ3v) is 0. The van der Waals surface area contributed by atoms with Crippen molar-refractivity contribution in [3.05, 3.63) is 0 Å². The van der Waals surface area contributed by atoms with E-state index in [9.17, 15) is 0 Å². The zero-order valence-electron chi connectivity index (χ0n) is 1.72. The third-order valence-electron chi connectivity index (χ3n) is 0. The van der Waals surface area contributed by atoms with Crippen LogP contribution in [-0.4, -0.2) is 0 Å². The SMILES string of the molecule is Br.Cl.I.S. The highest BCUT2D eigenvalue weighted by atomic mass is 127. The Morgan fingerprint density at radius 2 is 1.00 bits per heavy atom. The average Bonchev–Trinajstić information content (AvgIpc) is 0. The molecule has 0 atom stereocenters. The zero-order chi connectivity index (χ0) is 0. The second-order valence-corrected chi connectivity index (χ2v) is 0. The number of hydrogen-bond donors (Lipinski definition) is 0. The summed E-state index contributed by atoms with van der Waals surface area (Å²) in [4.78, 5) is 0. The van der Waals surface area contributed by atoms with Gasteiger partial charge in [0.1, 0.15) is 0 Å². The molecule has 0 saturated heterocycles. The molecule has 0 aromatic heterocycles. The molecule has 0 amide bonds. The van der Waals surface area contributed by atoms with Crippen molar-refractivity contribution in [2.45, 2.75) is 0 Å². The predicted octanol–water partition coefficient (Wildman–Crippen LogP) is 1.73. The van der Waals surface area contributed by atoms with Gasteiger partial charge in [-0.1, -0.05) is 0 Å². The van der Waals surface area contributed by atoms with E-state index in [1.807, 2.05) is 0 Å². The van der Waals surface area contributed by atoms with Gasteiger partial charge in [0.15, 0.2) is 0 Å². The minimum absolute atomic E-state index is 0. The third kappa shape index (κ3) is 9.14. The van der Waals surface area contributed by atoms with Gasteiger partial charge in [-0.2, -0.15) is 13.5 Å². The molecule has 0 spiro atoms. The van der Waals surface area contributed by atoms with Gasteiger partial charge in [-0.05, 0) is 0 Å². The fraction of sp³-hybridized carbons (Fsp3) is 0. The Morgan fingerprint density at radius 3 is 1.00 bits per heavy atom. The molecular formula is H5BrClIS. The quantitative estimate of drug-likeness (QED) is 0.593. The lowest BCUT2D eigenvalue weighted by molar-refractivity contribution is 5.85. The van der Waals surface area contributed by atoms with Gasteiger partial charge in [0.25, 0.3) is 0 Å². The molecule has 0 fully saturated rings. The first-order chi connectivity index (χ1) is 0. The Labute approximate surface area is 66.4 Å². The van der Waals surface area contributed by atoms with Crippen molar-refractivity contribution < 1.29 is 0 Å². The summed E-state index contributed by atoms with van der Waals surface area (Å²) < 4.78 is 0. The predicted molar refractivity (Wildman–Crippen MR) is 43.4 cm³/mol. The van der Waals surface area contributed by atoms with Gasteiger partial charge in [0.2, 0.25) is 0 Å². The monoisotopic (exact) mass is 278 g/mol. The van der Waals surface area contributed by atoms with E-state index in [-0.39, 0.29) is 66.9 Å². The summed E-state index contributed by atoms with van der Waals surface area (Å²) in [6.45, 7) is 0. The van der Waals surface area contributed by atoms with Crippen molar-refractivity contribution in [2.75, 3.05) is 0 Å². The van der Waals surface area contributed by atoms with E-state index in [0.29, 0.717) is 0 Å². The summed E-state index contributed by atoms with van der Waals surface area (Å²) in [6, 6.07) is 0. The van der Waals surface area contributed by atoms with Crippen molar-refractivity contribution in [2.24, 2.45) is 0 Å². The molecule has 0 bridgehead atoms. The molecule has 0 aromatic rings. The minimum atomic E-state index is 0. The maximum atomic E-state index is 0. The van der Waals surface area contributed by atoms with Crippen LogP contribution in [0.15, 0.2) is 0 Å². The fourth-order valence-electron chi connectivity index (χ4n) is 0.